The number of fused-ring (bicyclic) bond motifs is 1. The van der Waals surface area contributed by atoms with Crippen LogP contribution in [0.1, 0.15) is 65.8 Å². The SMILES string of the molecule is O=C(O)CCC(NC(=O)[C@H](CCC(=O)O)NC(=O)CN1CCN(CC(=O)O)CCN(CC(=O)O)CCN(CC(=O)O)CC1)C(=O)NCCCN1Cc2cc(C(=O)N(Cc3ccccc3)Cc3ncc[nH]3)ccc2N[C@@H](CC(=O)O)C1=O. The third-order valence-electron chi connectivity index (χ3n) is 13.3. The van der Waals surface area contributed by atoms with Crippen molar-refractivity contribution in [2.24, 2.45) is 0 Å². The van der Waals surface area contributed by atoms with Gasteiger partial charge in [0.25, 0.3) is 5.91 Å². The van der Waals surface area contributed by atoms with E-state index in [1.807, 2.05) is 30.3 Å². The molecule has 3 aromatic rings. The normalized spacial score (nSPS) is 16.6. The Kier molecular flexibility index (Phi) is 24.9. The minimum atomic E-state index is -1.57. The van der Waals surface area contributed by atoms with Gasteiger partial charge in [0.15, 0.2) is 0 Å². The zero-order chi connectivity index (χ0) is 59.0. The van der Waals surface area contributed by atoms with Crippen LogP contribution in [0.5, 0.6) is 0 Å². The Hall–Kier alpha value is -8.54. The fourth-order valence-corrected chi connectivity index (χ4v) is 9.18. The Balaban J connectivity index is 1.26. The molecule has 2 aliphatic rings. The van der Waals surface area contributed by atoms with Crippen LogP contribution in [0.25, 0.3) is 0 Å². The molecule has 0 saturated carbocycles. The lowest BCUT2D eigenvalue weighted by Gasteiger charge is -2.33. The number of nitrogens with zero attached hydrogens (tertiary/aromatic N) is 7. The molecule has 1 aromatic heterocycles. The lowest BCUT2D eigenvalue weighted by atomic mass is 10.1. The molecule has 3 atom stereocenters. The second-order valence-electron chi connectivity index (χ2n) is 19.6. The Bertz CT molecular complexity index is 2650. The average Bonchev–Trinajstić information content (AvgIpc) is 3.89. The summed E-state index contributed by atoms with van der Waals surface area (Å²) in [6, 6.07) is 9.82. The number of imidazole rings is 1. The summed E-state index contributed by atoms with van der Waals surface area (Å²) in [5.41, 5.74) is 2.07. The molecule has 5 amide bonds. The maximum absolute atomic E-state index is 14.2. The smallest absolute Gasteiger partial charge is 0.317 e. The van der Waals surface area contributed by atoms with E-state index in [0.717, 1.165) is 5.56 Å². The summed E-state index contributed by atoms with van der Waals surface area (Å²) in [5.74, 6) is -10.4. The van der Waals surface area contributed by atoms with Gasteiger partial charge in [-0.05, 0) is 48.6 Å². The molecule has 0 bridgehead atoms. The molecule has 0 spiro atoms. The maximum Gasteiger partial charge on any atom is 0.317 e. The predicted molar refractivity (Wildman–Crippen MR) is 284 cm³/mol. The lowest BCUT2D eigenvalue weighted by molar-refractivity contribution is -0.141. The van der Waals surface area contributed by atoms with Crippen molar-refractivity contribution in [2.45, 2.75) is 76.3 Å². The van der Waals surface area contributed by atoms with Crippen LogP contribution in [0.3, 0.4) is 0 Å². The molecule has 11 N–H and O–H groups in total. The van der Waals surface area contributed by atoms with Crippen LogP contribution in [0, 0.1) is 0 Å². The summed E-state index contributed by atoms with van der Waals surface area (Å²) in [7, 11) is 0. The predicted octanol–water partition coefficient (Wildman–Crippen LogP) is -1.47. The zero-order valence-corrected chi connectivity index (χ0v) is 44.6. The summed E-state index contributed by atoms with van der Waals surface area (Å²) in [5, 5.41) is 68.0. The van der Waals surface area contributed by atoms with Gasteiger partial charge in [-0.25, -0.2) is 4.98 Å². The Labute approximate surface area is 465 Å². The number of amides is 5. The molecule has 81 heavy (non-hydrogen) atoms. The quantitative estimate of drug-likeness (QED) is 0.0354. The van der Waals surface area contributed by atoms with Crippen LogP contribution in [-0.2, 0) is 67.6 Å². The number of hydrogen-bond donors (Lipinski definition) is 11. The van der Waals surface area contributed by atoms with Gasteiger partial charge in [-0.3, -0.25) is 72.3 Å². The van der Waals surface area contributed by atoms with Crippen molar-refractivity contribution in [1.29, 1.82) is 0 Å². The van der Waals surface area contributed by atoms with E-state index >= 15 is 0 Å². The molecule has 1 fully saturated rings. The molecule has 1 saturated heterocycles. The number of H-pyrrole nitrogens is 1. The monoisotopic (exact) mass is 1130 g/mol. The summed E-state index contributed by atoms with van der Waals surface area (Å²) >= 11 is 0. The van der Waals surface area contributed by atoms with Gasteiger partial charge in [-0.2, -0.15) is 0 Å². The van der Waals surface area contributed by atoms with Gasteiger partial charge in [0.1, 0.15) is 23.9 Å². The summed E-state index contributed by atoms with van der Waals surface area (Å²) in [6.45, 7) is -0.788. The first-order valence-corrected chi connectivity index (χ1v) is 26.2. The highest BCUT2D eigenvalue weighted by molar-refractivity contribution is 5.96. The fourth-order valence-electron chi connectivity index (χ4n) is 9.18. The van der Waals surface area contributed by atoms with Gasteiger partial charge in [-0.1, -0.05) is 30.3 Å². The van der Waals surface area contributed by atoms with Crippen molar-refractivity contribution in [3.05, 3.63) is 83.4 Å². The zero-order valence-electron chi connectivity index (χ0n) is 44.6. The highest BCUT2D eigenvalue weighted by atomic mass is 16.4. The van der Waals surface area contributed by atoms with E-state index in [9.17, 15) is 83.4 Å². The first-order valence-electron chi connectivity index (χ1n) is 26.2. The third kappa shape index (κ3) is 22.3. The van der Waals surface area contributed by atoms with Gasteiger partial charge >= 0.3 is 35.8 Å². The van der Waals surface area contributed by atoms with Crippen LogP contribution >= 0.6 is 0 Å². The molecular formula is C52H70N12O17. The number of hydrogen-bond acceptors (Lipinski definition) is 17. The lowest BCUT2D eigenvalue weighted by Crippen LogP contribution is -2.55. The van der Waals surface area contributed by atoms with E-state index < -0.39 is 129 Å². The number of benzene rings is 2. The van der Waals surface area contributed by atoms with Crippen LogP contribution in [0.2, 0.25) is 0 Å². The average molecular weight is 1140 g/mol. The largest absolute Gasteiger partial charge is 0.481 e. The van der Waals surface area contributed by atoms with Gasteiger partial charge in [0, 0.05) is 115 Å². The van der Waals surface area contributed by atoms with Crippen molar-refractivity contribution in [3.63, 3.8) is 0 Å². The molecule has 1 unspecified atom stereocenters. The number of aliphatic carboxylic acids is 6. The second-order valence-corrected chi connectivity index (χ2v) is 19.6. The topological polar surface area (TPSA) is 405 Å². The van der Waals surface area contributed by atoms with Crippen molar-refractivity contribution in [1.82, 2.24) is 55.3 Å². The van der Waals surface area contributed by atoms with Crippen LogP contribution in [0.4, 0.5) is 5.69 Å². The minimum Gasteiger partial charge on any atom is -0.481 e. The van der Waals surface area contributed by atoms with Gasteiger partial charge in [0.2, 0.25) is 23.6 Å². The van der Waals surface area contributed by atoms with E-state index in [-0.39, 0.29) is 110 Å². The number of anilines is 1. The number of rotatable bonds is 29. The minimum absolute atomic E-state index is 0.0415. The number of aromatic nitrogens is 2. The Morgan fingerprint density at radius 1 is 0.642 bits per heavy atom. The number of aromatic amines is 1. The molecule has 0 radical (unpaired) electrons. The molecule has 2 aromatic carbocycles. The van der Waals surface area contributed by atoms with E-state index in [4.69, 9.17) is 0 Å². The van der Waals surface area contributed by atoms with E-state index in [1.165, 1.54) is 4.90 Å². The van der Waals surface area contributed by atoms with E-state index in [0.29, 0.717) is 17.1 Å². The molecule has 0 aliphatic carbocycles. The van der Waals surface area contributed by atoms with Crippen LogP contribution in [-0.4, -0.2) is 245 Å². The summed E-state index contributed by atoms with van der Waals surface area (Å²) in [4.78, 5) is 156. The molecule has 5 rings (SSSR count). The Morgan fingerprint density at radius 2 is 1.19 bits per heavy atom. The Morgan fingerprint density at radius 3 is 1.69 bits per heavy atom. The van der Waals surface area contributed by atoms with E-state index in [2.05, 4.69) is 31.2 Å². The van der Waals surface area contributed by atoms with Crippen molar-refractivity contribution < 1.29 is 83.4 Å². The number of carbonyl (C=O) groups is 11. The first kappa shape index (κ1) is 63.3. The summed E-state index contributed by atoms with van der Waals surface area (Å²) < 4.78 is 0. The van der Waals surface area contributed by atoms with Gasteiger partial charge in [0.05, 0.1) is 39.1 Å². The third-order valence-corrected chi connectivity index (χ3v) is 13.3. The number of carbonyl (C=O) groups excluding carboxylic acids is 5. The molecule has 440 valence electrons. The second kappa shape index (κ2) is 31.9. The van der Waals surface area contributed by atoms with Crippen molar-refractivity contribution in [2.75, 3.05) is 96.9 Å². The first-order chi connectivity index (χ1) is 38.6. The van der Waals surface area contributed by atoms with Crippen molar-refractivity contribution >= 4 is 71.0 Å². The molecule has 2 aliphatic heterocycles. The highest BCUT2D eigenvalue weighted by Gasteiger charge is 2.33. The van der Waals surface area contributed by atoms with Crippen LogP contribution < -0.4 is 21.3 Å². The number of nitrogens with one attached hydrogen (secondary N) is 5. The highest BCUT2D eigenvalue weighted by Crippen LogP contribution is 2.27. The number of carboxylic acids is 6. The van der Waals surface area contributed by atoms with Gasteiger partial charge < -0.3 is 66.7 Å². The van der Waals surface area contributed by atoms with Gasteiger partial charge in [-0.15, -0.1) is 0 Å². The molecule has 29 heteroatoms. The van der Waals surface area contributed by atoms with Crippen LogP contribution in [0.15, 0.2) is 60.9 Å². The number of carboxylic acid groups (broad SMARTS) is 6. The molecule has 29 nitrogen and oxygen atoms in total. The molecule has 3 heterocycles. The molecular weight excluding hydrogens is 1060 g/mol. The van der Waals surface area contributed by atoms with Crippen molar-refractivity contribution in [3.8, 4) is 0 Å². The fraction of sp³-hybridized carbons (Fsp3) is 0.500. The maximum atomic E-state index is 14.2. The standard InChI is InChI=1S/C52H70N12O17/c65-42(30-59-17-19-60(31-46(72)73)21-23-62(33-48(76)77)24-22-61(20-18-59)32-47(74)75)57-39(10-12-44(68)69)50(79)58-38(9-11-43(66)67)49(78)55-13-4-16-63-28-36-25-35(7-8-37(36)56-40(52(63)81)26-45(70)71)51(80)64(29-41-53-14-15-54-41)27-34-5-2-1-3-6-34/h1-3,5-8,14-15,25,38-40,56H,4,9-13,16-24,26-33H2,(H,53,54)(H,55,78)(H,57,65)(H,58,79)(H,66,67)(H,68,69)(H,70,71)(H,72,73)(H,74,75)(H,76,77)/t38?,39-,40-/m0/s1. The summed E-state index contributed by atoms with van der Waals surface area (Å²) in [6.07, 6.45) is 0.551. The van der Waals surface area contributed by atoms with E-state index in [1.54, 1.807) is 55.1 Å².